The van der Waals surface area contributed by atoms with Crippen molar-refractivity contribution in [1.82, 2.24) is 0 Å². The molecule has 2 N–H and O–H groups in total. The summed E-state index contributed by atoms with van der Waals surface area (Å²) in [5, 5.41) is 17.0. The first-order chi connectivity index (χ1) is 10.8. The molecule has 0 atom stereocenters. The van der Waals surface area contributed by atoms with Crippen molar-refractivity contribution in [3.05, 3.63) is 22.2 Å². The van der Waals surface area contributed by atoms with Gasteiger partial charge in [-0.25, -0.2) is 0 Å². The number of methoxy groups -OCH3 is 1. The number of benzene rings is 1. The van der Waals surface area contributed by atoms with Crippen molar-refractivity contribution in [1.29, 1.82) is 0 Å². The van der Waals surface area contributed by atoms with Crippen LogP contribution in [0.25, 0.3) is 0 Å². The number of hydrogen-bond donors (Lipinski definition) is 2. The van der Waals surface area contributed by atoms with Crippen molar-refractivity contribution in [2.45, 2.75) is 20.3 Å². The number of fused-ring (bicyclic) bond motifs is 1. The van der Waals surface area contributed by atoms with Gasteiger partial charge >= 0.3 is 0 Å². The average Bonchev–Trinajstić information content (AvgIpc) is 2.50. The number of ether oxygens (including phenoxy) is 2. The summed E-state index contributed by atoms with van der Waals surface area (Å²) in [7, 11) is 1.64. The highest BCUT2D eigenvalue weighted by Gasteiger charge is 2.25. The normalized spacial score (nSPS) is 13.8. The molecule has 0 saturated heterocycles. The van der Waals surface area contributed by atoms with Gasteiger partial charge in [-0.1, -0.05) is 13.8 Å². The lowest BCUT2D eigenvalue weighted by Crippen LogP contribution is -2.27. The van der Waals surface area contributed by atoms with Crippen LogP contribution >= 0.6 is 0 Å². The first-order valence-corrected chi connectivity index (χ1v) is 7.30. The molecule has 0 radical (unpaired) electrons. The Labute approximate surface area is 134 Å². The highest BCUT2D eigenvalue weighted by atomic mass is 16.6. The second-order valence-electron chi connectivity index (χ2n) is 6.22. The van der Waals surface area contributed by atoms with Gasteiger partial charge in [0, 0.05) is 20.3 Å². The number of rotatable bonds is 7. The number of hydrogen-bond acceptors (Lipinski definition) is 6. The van der Waals surface area contributed by atoms with Gasteiger partial charge < -0.3 is 20.1 Å². The van der Waals surface area contributed by atoms with Gasteiger partial charge in [-0.2, -0.15) is 0 Å². The molecule has 0 saturated carbocycles. The van der Waals surface area contributed by atoms with Gasteiger partial charge in [-0.05, 0) is 17.9 Å². The predicted molar refractivity (Wildman–Crippen MR) is 86.0 cm³/mol. The fourth-order valence-electron chi connectivity index (χ4n) is 2.21. The molecule has 1 aliphatic heterocycles. The Balaban J connectivity index is 2.21. The molecule has 0 bridgehead atoms. The third kappa shape index (κ3) is 4.32. The summed E-state index contributed by atoms with van der Waals surface area (Å²) in [6.07, 6.45) is 0.815. The zero-order valence-corrected chi connectivity index (χ0v) is 13.5. The van der Waals surface area contributed by atoms with Crippen molar-refractivity contribution in [2.75, 3.05) is 37.5 Å². The number of amides is 1. The molecule has 1 amide bonds. The smallest absolute Gasteiger partial charge is 0.296 e. The molecular formula is C15H21N3O5. The van der Waals surface area contributed by atoms with Gasteiger partial charge in [0.15, 0.2) is 12.4 Å². The molecule has 2 rings (SSSR count). The molecule has 126 valence electrons. The van der Waals surface area contributed by atoms with Gasteiger partial charge in [0.2, 0.25) is 0 Å². The summed E-state index contributed by atoms with van der Waals surface area (Å²) in [4.78, 5) is 22.2. The highest BCUT2D eigenvalue weighted by Crippen LogP contribution is 2.38. The zero-order chi connectivity index (χ0) is 17.0. The Morgan fingerprint density at radius 3 is 2.87 bits per heavy atom. The largest absolute Gasteiger partial charge is 0.481 e. The van der Waals surface area contributed by atoms with E-state index in [1.165, 1.54) is 12.1 Å². The van der Waals surface area contributed by atoms with Crippen LogP contribution in [-0.2, 0) is 9.53 Å². The third-order valence-electron chi connectivity index (χ3n) is 3.67. The lowest BCUT2D eigenvalue weighted by atomic mass is 9.89. The average molecular weight is 323 g/mol. The van der Waals surface area contributed by atoms with Crippen molar-refractivity contribution in [2.24, 2.45) is 5.41 Å². The minimum atomic E-state index is -0.468. The second kappa shape index (κ2) is 6.82. The summed E-state index contributed by atoms with van der Waals surface area (Å²) in [6.45, 7) is 5.11. The number of anilines is 2. The van der Waals surface area contributed by atoms with Gasteiger partial charge in [0.25, 0.3) is 11.6 Å². The van der Waals surface area contributed by atoms with Crippen LogP contribution in [0.4, 0.5) is 17.1 Å². The van der Waals surface area contributed by atoms with Gasteiger partial charge in [0.05, 0.1) is 16.7 Å². The summed E-state index contributed by atoms with van der Waals surface area (Å²) < 4.78 is 10.3. The molecule has 8 nitrogen and oxygen atoms in total. The molecule has 1 aromatic carbocycles. The number of nitro benzene ring substituents is 1. The molecule has 1 aliphatic rings. The zero-order valence-electron chi connectivity index (χ0n) is 13.5. The van der Waals surface area contributed by atoms with Crippen LogP contribution in [0.3, 0.4) is 0 Å². The Hall–Kier alpha value is -2.35. The van der Waals surface area contributed by atoms with E-state index in [4.69, 9.17) is 9.47 Å². The summed E-state index contributed by atoms with van der Waals surface area (Å²) in [6, 6.07) is 2.87. The maximum atomic E-state index is 11.4. The maximum absolute atomic E-state index is 11.4. The van der Waals surface area contributed by atoms with E-state index in [0.717, 1.165) is 6.42 Å². The Kier molecular flexibility index (Phi) is 5.05. The molecule has 1 aromatic rings. The fraction of sp³-hybridized carbons (Fsp3) is 0.533. The molecule has 0 aliphatic carbocycles. The highest BCUT2D eigenvalue weighted by molar-refractivity contribution is 5.96. The van der Waals surface area contributed by atoms with Crippen LogP contribution in [0.5, 0.6) is 5.75 Å². The van der Waals surface area contributed by atoms with E-state index in [9.17, 15) is 14.9 Å². The summed E-state index contributed by atoms with van der Waals surface area (Å²) >= 11 is 0. The molecule has 0 spiro atoms. The van der Waals surface area contributed by atoms with Crippen LogP contribution in [0.15, 0.2) is 12.1 Å². The van der Waals surface area contributed by atoms with Crippen molar-refractivity contribution in [3.63, 3.8) is 0 Å². The van der Waals surface area contributed by atoms with Crippen LogP contribution in [0.2, 0.25) is 0 Å². The Bertz CT molecular complexity index is 615. The molecule has 1 heterocycles. The topological polar surface area (TPSA) is 103 Å². The van der Waals surface area contributed by atoms with Gasteiger partial charge in [-0.15, -0.1) is 0 Å². The SMILES string of the molecule is COCCC(C)(C)CNc1cc2c(cc1[N+](=O)[O-])OCC(=O)N2. The molecule has 0 fully saturated rings. The number of carbonyl (C=O) groups excluding carboxylic acids is 1. The quantitative estimate of drug-likeness (QED) is 0.590. The molecule has 23 heavy (non-hydrogen) atoms. The number of nitrogens with one attached hydrogen (secondary N) is 2. The van der Waals surface area contributed by atoms with E-state index >= 15 is 0 Å². The molecular weight excluding hydrogens is 302 g/mol. The van der Waals surface area contributed by atoms with Crippen LogP contribution in [0, 0.1) is 15.5 Å². The van der Waals surface area contributed by atoms with Crippen molar-refractivity contribution in [3.8, 4) is 5.75 Å². The van der Waals surface area contributed by atoms with Crippen molar-refractivity contribution < 1.29 is 19.2 Å². The minimum absolute atomic E-state index is 0.0811. The summed E-state index contributed by atoms with van der Waals surface area (Å²) in [5.41, 5.74) is 0.607. The first-order valence-electron chi connectivity index (χ1n) is 7.30. The standard InChI is InChI=1S/C15H21N3O5/c1-15(2,4-5-22-3)9-16-10-6-11-13(7-12(10)18(20)21)23-8-14(19)17-11/h6-7,16H,4-5,8-9H2,1-3H3,(H,17,19). The van der Waals surface area contributed by atoms with E-state index in [2.05, 4.69) is 10.6 Å². The van der Waals surface area contributed by atoms with Crippen LogP contribution < -0.4 is 15.4 Å². The van der Waals surface area contributed by atoms with E-state index < -0.39 is 4.92 Å². The van der Waals surface area contributed by atoms with E-state index in [0.29, 0.717) is 30.3 Å². The van der Waals surface area contributed by atoms with Gasteiger partial charge in [0.1, 0.15) is 5.69 Å². The Morgan fingerprint density at radius 1 is 1.48 bits per heavy atom. The Morgan fingerprint density at radius 2 is 2.22 bits per heavy atom. The van der Waals surface area contributed by atoms with Crippen molar-refractivity contribution >= 4 is 23.0 Å². The first kappa shape index (κ1) is 17.0. The monoisotopic (exact) mass is 323 g/mol. The minimum Gasteiger partial charge on any atom is -0.481 e. The van der Waals surface area contributed by atoms with Crippen LogP contribution in [0.1, 0.15) is 20.3 Å². The number of nitro groups is 1. The summed E-state index contributed by atoms with van der Waals surface area (Å²) in [5.74, 6) is 0.0261. The second-order valence-corrected chi connectivity index (χ2v) is 6.22. The van der Waals surface area contributed by atoms with E-state index in [-0.39, 0.29) is 23.6 Å². The fourth-order valence-corrected chi connectivity index (χ4v) is 2.21. The van der Waals surface area contributed by atoms with Gasteiger partial charge in [-0.3, -0.25) is 14.9 Å². The predicted octanol–water partition coefficient (Wildman–Crippen LogP) is 2.40. The van der Waals surface area contributed by atoms with Crippen LogP contribution in [-0.4, -0.2) is 37.7 Å². The maximum Gasteiger partial charge on any atom is 0.296 e. The molecule has 0 aromatic heterocycles. The molecule has 8 heteroatoms. The van der Waals surface area contributed by atoms with E-state index in [1.807, 2.05) is 13.8 Å². The lowest BCUT2D eigenvalue weighted by molar-refractivity contribution is -0.384. The third-order valence-corrected chi connectivity index (χ3v) is 3.67. The molecule has 0 unspecified atom stereocenters. The number of nitrogens with zero attached hydrogens (tertiary/aromatic N) is 1. The lowest BCUT2D eigenvalue weighted by Gasteiger charge is -2.26. The van der Waals surface area contributed by atoms with E-state index in [1.54, 1.807) is 7.11 Å². The number of carbonyl (C=O) groups is 1.